The van der Waals surface area contributed by atoms with E-state index in [9.17, 15) is 4.79 Å². The van der Waals surface area contributed by atoms with Gasteiger partial charge in [-0.2, -0.15) is 0 Å². The number of thiazole rings is 1. The molecule has 6 heteroatoms. The summed E-state index contributed by atoms with van der Waals surface area (Å²) in [4.78, 5) is 16.5. The molecule has 0 spiro atoms. The topological polar surface area (TPSA) is 64.4 Å². The van der Waals surface area contributed by atoms with E-state index in [2.05, 4.69) is 10.3 Å². The molecule has 0 aromatic carbocycles. The van der Waals surface area contributed by atoms with E-state index in [-0.39, 0.29) is 5.91 Å². The summed E-state index contributed by atoms with van der Waals surface area (Å²) in [5.41, 5.74) is 1.79. The monoisotopic (exact) mass is 320 g/mol. The predicted molar refractivity (Wildman–Crippen MR) is 86.1 cm³/mol. The molecule has 22 heavy (non-hydrogen) atoms. The Bertz CT molecular complexity index is 673. The second-order valence-corrected chi connectivity index (χ2v) is 6.63. The predicted octanol–water partition coefficient (Wildman–Crippen LogP) is 3.77. The summed E-state index contributed by atoms with van der Waals surface area (Å²) in [7, 11) is 0. The number of amides is 1. The molecule has 0 unspecified atom stereocenters. The van der Waals surface area contributed by atoms with Gasteiger partial charge in [0.2, 0.25) is 0 Å². The van der Waals surface area contributed by atoms with E-state index in [1.807, 2.05) is 25.3 Å². The molecule has 1 saturated carbocycles. The third kappa shape index (κ3) is 3.56. The molecule has 118 valence electrons. The molecule has 1 fully saturated rings. The molecule has 3 rings (SSSR count). The number of aryl methyl sites for hydroxylation is 2. The third-order valence-corrected chi connectivity index (χ3v) is 4.46. The molecule has 1 N–H and O–H groups in total. The minimum atomic E-state index is -0.453. The standard InChI is InChI=1S/C16H20N2O3S/c1-9-6-13(10(2)21-9)14-8-22-16(17-14)18-15(19)11(3)20-7-12-4-5-12/h6,8,11-12H,4-5,7H2,1-3H3,(H,17,18,19)/t11-/m0/s1. The summed E-state index contributed by atoms with van der Waals surface area (Å²) < 4.78 is 11.1. The SMILES string of the molecule is Cc1cc(-c2csc(NC(=O)[C@H](C)OCC3CC3)n2)c(C)o1. The van der Waals surface area contributed by atoms with Crippen LogP contribution in [0.4, 0.5) is 5.13 Å². The Morgan fingerprint density at radius 1 is 1.55 bits per heavy atom. The maximum absolute atomic E-state index is 12.1. The van der Waals surface area contributed by atoms with Crippen molar-refractivity contribution in [2.75, 3.05) is 11.9 Å². The van der Waals surface area contributed by atoms with Crippen molar-refractivity contribution in [3.05, 3.63) is 23.0 Å². The van der Waals surface area contributed by atoms with Crippen molar-refractivity contribution in [2.45, 2.75) is 39.7 Å². The van der Waals surface area contributed by atoms with Crippen molar-refractivity contribution >= 4 is 22.4 Å². The molecule has 0 radical (unpaired) electrons. The van der Waals surface area contributed by atoms with Gasteiger partial charge in [0.1, 0.15) is 17.6 Å². The Labute approximate surface area is 133 Å². The first kappa shape index (κ1) is 15.2. The van der Waals surface area contributed by atoms with Crippen molar-refractivity contribution in [3.63, 3.8) is 0 Å². The molecule has 1 aliphatic rings. The molecule has 1 atom stereocenters. The quantitative estimate of drug-likeness (QED) is 0.880. The molecule has 1 amide bonds. The first-order valence-corrected chi connectivity index (χ1v) is 8.36. The zero-order chi connectivity index (χ0) is 15.7. The van der Waals surface area contributed by atoms with Gasteiger partial charge in [0.25, 0.3) is 5.91 Å². The number of hydrogen-bond donors (Lipinski definition) is 1. The number of nitrogens with zero attached hydrogens (tertiary/aromatic N) is 1. The number of anilines is 1. The van der Waals surface area contributed by atoms with Gasteiger partial charge in [0.15, 0.2) is 5.13 Å². The van der Waals surface area contributed by atoms with Crippen LogP contribution in [0, 0.1) is 19.8 Å². The van der Waals surface area contributed by atoms with Gasteiger partial charge in [-0.05, 0) is 45.6 Å². The van der Waals surface area contributed by atoms with Crippen LogP contribution >= 0.6 is 11.3 Å². The molecule has 0 saturated heterocycles. The van der Waals surface area contributed by atoms with Crippen molar-refractivity contribution in [1.29, 1.82) is 0 Å². The molecule has 0 aliphatic heterocycles. The number of furan rings is 1. The lowest BCUT2D eigenvalue weighted by atomic mass is 10.2. The first-order valence-electron chi connectivity index (χ1n) is 7.48. The van der Waals surface area contributed by atoms with Crippen molar-refractivity contribution in [1.82, 2.24) is 4.98 Å². The molecule has 2 heterocycles. The second kappa shape index (κ2) is 6.22. The molecular weight excluding hydrogens is 300 g/mol. The summed E-state index contributed by atoms with van der Waals surface area (Å²) in [5, 5.41) is 5.32. The fourth-order valence-electron chi connectivity index (χ4n) is 2.19. The number of hydrogen-bond acceptors (Lipinski definition) is 5. The van der Waals surface area contributed by atoms with E-state index >= 15 is 0 Å². The lowest BCUT2D eigenvalue weighted by Crippen LogP contribution is -2.28. The van der Waals surface area contributed by atoms with E-state index in [1.165, 1.54) is 24.2 Å². The van der Waals surface area contributed by atoms with Crippen LogP contribution in [0.5, 0.6) is 0 Å². The van der Waals surface area contributed by atoms with E-state index in [1.54, 1.807) is 6.92 Å². The van der Waals surface area contributed by atoms with Crippen LogP contribution in [-0.2, 0) is 9.53 Å². The number of aromatic nitrogens is 1. The van der Waals surface area contributed by atoms with E-state index in [4.69, 9.17) is 9.15 Å². The molecule has 2 aromatic heterocycles. The number of rotatable bonds is 6. The Kier molecular flexibility index (Phi) is 4.31. The normalized spacial score (nSPS) is 15.8. The van der Waals surface area contributed by atoms with Gasteiger partial charge in [-0.3, -0.25) is 10.1 Å². The summed E-state index contributed by atoms with van der Waals surface area (Å²) in [6.45, 7) is 6.26. The van der Waals surface area contributed by atoms with Gasteiger partial charge in [-0.15, -0.1) is 11.3 Å². The minimum absolute atomic E-state index is 0.151. The van der Waals surface area contributed by atoms with Crippen LogP contribution in [0.25, 0.3) is 11.3 Å². The van der Waals surface area contributed by atoms with Gasteiger partial charge < -0.3 is 9.15 Å². The number of nitrogens with one attached hydrogen (secondary N) is 1. The summed E-state index contributed by atoms with van der Waals surface area (Å²) in [6.07, 6.45) is 1.98. The van der Waals surface area contributed by atoms with Crippen LogP contribution in [0.1, 0.15) is 31.3 Å². The van der Waals surface area contributed by atoms with Crippen LogP contribution in [0.15, 0.2) is 15.9 Å². The minimum Gasteiger partial charge on any atom is -0.466 e. The highest BCUT2D eigenvalue weighted by molar-refractivity contribution is 7.14. The molecule has 2 aromatic rings. The number of carbonyl (C=O) groups is 1. The smallest absolute Gasteiger partial charge is 0.254 e. The van der Waals surface area contributed by atoms with Crippen LogP contribution in [0.3, 0.4) is 0 Å². The van der Waals surface area contributed by atoms with E-state index in [0.29, 0.717) is 17.7 Å². The average molecular weight is 320 g/mol. The lowest BCUT2D eigenvalue weighted by Gasteiger charge is -2.11. The van der Waals surface area contributed by atoms with E-state index in [0.717, 1.165) is 22.8 Å². The largest absolute Gasteiger partial charge is 0.466 e. The highest BCUT2D eigenvalue weighted by atomic mass is 32.1. The van der Waals surface area contributed by atoms with Crippen molar-refractivity contribution in [2.24, 2.45) is 5.92 Å². The lowest BCUT2D eigenvalue weighted by molar-refractivity contribution is -0.126. The second-order valence-electron chi connectivity index (χ2n) is 5.77. The van der Waals surface area contributed by atoms with Gasteiger partial charge in [0.05, 0.1) is 12.3 Å². The van der Waals surface area contributed by atoms with Crippen LogP contribution in [0.2, 0.25) is 0 Å². The Hall–Kier alpha value is -1.66. The maximum Gasteiger partial charge on any atom is 0.254 e. The van der Waals surface area contributed by atoms with Gasteiger partial charge >= 0.3 is 0 Å². The Morgan fingerprint density at radius 2 is 2.32 bits per heavy atom. The fraction of sp³-hybridized carbons (Fsp3) is 0.500. The molecule has 1 aliphatic carbocycles. The molecule has 0 bridgehead atoms. The highest BCUT2D eigenvalue weighted by Gasteiger charge is 2.24. The van der Waals surface area contributed by atoms with Gasteiger partial charge in [-0.25, -0.2) is 4.98 Å². The number of ether oxygens (including phenoxy) is 1. The average Bonchev–Trinajstić information content (AvgIpc) is 3.10. The van der Waals surface area contributed by atoms with Crippen molar-refractivity contribution < 1.29 is 13.9 Å². The Balaban J connectivity index is 1.61. The van der Waals surface area contributed by atoms with Gasteiger partial charge in [-0.1, -0.05) is 0 Å². The third-order valence-electron chi connectivity index (χ3n) is 3.70. The first-order chi connectivity index (χ1) is 10.5. The summed E-state index contributed by atoms with van der Waals surface area (Å²) in [6, 6.07) is 1.96. The zero-order valence-corrected chi connectivity index (χ0v) is 13.8. The zero-order valence-electron chi connectivity index (χ0n) is 13.0. The van der Waals surface area contributed by atoms with Crippen molar-refractivity contribution in [3.8, 4) is 11.3 Å². The van der Waals surface area contributed by atoms with Crippen LogP contribution in [-0.4, -0.2) is 23.6 Å². The molecule has 5 nitrogen and oxygen atoms in total. The molecular formula is C16H20N2O3S. The Morgan fingerprint density at radius 3 is 2.95 bits per heavy atom. The maximum atomic E-state index is 12.1. The fourth-order valence-corrected chi connectivity index (χ4v) is 2.90. The summed E-state index contributed by atoms with van der Waals surface area (Å²) >= 11 is 1.40. The number of carbonyl (C=O) groups excluding carboxylic acids is 1. The van der Waals surface area contributed by atoms with Crippen LogP contribution < -0.4 is 5.32 Å². The van der Waals surface area contributed by atoms with E-state index < -0.39 is 6.10 Å². The van der Waals surface area contributed by atoms with Gasteiger partial charge in [0, 0.05) is 10.9 Å². The highest BCUT2D eigenvalue weighted by Crippen LogP contribution is 2.30. The summed E-state index contributed by atoms with van der Waals surface area (Å²) in [5.74, 6) is 2.19.